The number of anilines is 1. The van der Waals surface area contributed by atoms with Crippen molar-refractivity contribution in [3.8, 4) is 0 Å². The van der Waals surface area contributed by atoms with Gasteiger partial charge in [-0.05, 0) is 37.0 Å². The van der Waals surface area contributed by atoms with Crippen molar-refractivity contribution < 1.29 is 4.79 Å². The molecule has 1 heterocycles. The number of nitrogen functional groups attached to an aromatic ring is 1. The standard InChI is InChI=1S/C13H17ClN2O/c1-9-3-2-6-16(8-9)13(17)11-5-4-10(15)7-12(11)14/h4-5,7,9H,2-3,6,8,15H2,1H3/t9-/m1/s1. The lowest BCUT2D eigenvalue weighted by Gasteiger charge is -2.31. The normalized spacial score (nSPS) is 20.4. The summed E-state index contributed by atoms with van der Waals surface area (Å²) < 4.78 is 0. The van der Waals surface area contributed by atoms with Crippen LogP contribution in [0, 0.1) is 5.92 Å². The Balaban J connectivity index is 2.18. The van der Waals surface area contributed by atoms with Crippen molar-refractivity contribution in [2.24, 2.45) is 5.92 Å². The minimum Gasteiger partial charge on any atom is -0.399 e. The first kappa shape index (κ1) is 12.2. The fraction of sp³-hybridized carbons (Fsp3) is 0.462. The molecule has 1 saturated heterocycles. The quantitative estimate of drug-likeness (QED) is 0.782. The van der Waals surface area contributed by atoms with Gasteiger partial charge in [-0.25, -0.2) is 0 Å². The molecule has 1 atom stereocenters. The number of nitrogens with two attached hydrogens (primary N) is 1. The second kappa shape index (κ2) is 4.96. The Morgan fingerprint density at radius 3 is 2.94 bits per heavy atom. The van der Waals surface area contributed by atoms with Gasteiger partial charge in [-0.15, -0.1) is 0 Å². The zero-order valence-corrected chi connectivity index (χ0v) is 10.7. The summed E-state index contributed by atoms with van der Waals surface area (Å²) in [5, 5.41) is 0.438. The number of benzene rings is 1. The van der Waals surface area contributed by atoms with Gasteiger partial charge in [-0.2, -0.15) is 0 Å². The fourth-order valence-electron chi connectivity index (χ4n) is 2.25. The summed E-state index contributed by atoms with van der Waals surface area (Å²) in [7, 11) is 0. The highest BCUT2D eigenvalue weighted by atomic mass is 35.5. The third-order valence-electron chi connectivity index (χ3n) is 3.17. The molecule has 1 aliphatic rings. The fourth-order valence-corrected chi connectivity index (χ4v) is 2.52. The summed E-state index contributed by atoms with van der Waals surface area (Å²) in [6.07, 6.45) is 2.26. The molecule has 4 heteroatoms. The van der Waals surface area contributed by atoms with E-state index in [4.69, 9.17) is 17.3 Å². The molecule has 17 heavy (non-hydrogen) atoms. The number of hydrogen-bond donors (Lipinski definition) is 1. The first-order chi connectivity index (χ1) is 8.08. The maximum absolute atomic E-state index is 12.3. The molecular weight excluding hydrogens is 236 g/mol. The van der Waals surface area contributed by atoms with Crippen molar-refractivity contribution in [1.29, 1.82) is 0 Å². The third kappa shape index (κ3) is 2.72. The van der Waals surface area contributed by atoms with Crippen LogP contribution in [-0.4, -0.2) is 23.9 Å². The summed E-state index contributed by atoms with van der Waals surface area (Å²) in [6.45, 7) is 3.81. The minimum absolute atomic E-state index is 0.0153. The zero-order chi connectivity index (χ0) is 12.4. The number of halogens is 1. The molecule has 0 radical (unpaired) electrons. The molecule has 1 aromatic carbocycles. The maximum Gasteiger partial charge on any atom is 0.255 e. The van der Waals surface area contributed by atoms with Crippen LogP contribution in [-0.2, 0) is 0 Å². The number of carbonyl (C=O) groups excluding carboxylic acids is 1. The van der Waals surface area contributed by atoms with Crippen LogP contribution >= 0.6 is 11.6 Å². The molecular formula is C13H17ClN2O. The average molecular weight is 253 g/mol. The molecule has 3 nitrogen and oxygen atoms in total. The van der Waals surface area contributed by atoms with Crippen molar-refractivity contribution in [2.75, 3.05) is 18.8 Å². The Labute approximate surface area is 107 Å². The summed E-state index contributed by atoms with van der Waals surface area (Å²) in [5.41, 5.74) is 6.75. The predicted molar refractivity (Wildman–Crippen MR) is 70.2 cm³/mol. The molecule has 92 valence electrons. The third-order valence-corrected chi connectivity index (χ3v) is 3.48. The van der Waals surface area contributed by atoms with Crippen LogP contribution in [0.2, 0.25) is 5.02 Å². The molecule has 1 aromatic rings. The highest BCUT2D eigenvalue weighted by molar-refractivity contribution is 6.34. The van der Waals surface area contributed by atoms with Crippen LogP contribution in [0.4, 0.5) is 5.69 Å². The Hall–Kier alpha value is -1.22. The van der Waals surface area contributed by atoms with Gasteiger partial charge in [-0.3, -0.25) is 4.79 Å². The van der Waals surface area contributed by atoms with E-state index in [0.717, 1.165) is 19.5 Å². The highest BCUT2D eigenvalue weighted by Crippen LogP contribution is 2.23. The molecule has 0 aliphatic carbocycles. The Morgan fingerprint density at radius 1 is 1.53 bits per heavy atom. The second-order valence-electron chi connectivity index (χ2n) is 4.74. The lowest BCUT2D eigenvalue weighted by atomic mass is 9.99. The molecule has 0 bridgehead atoms. The van der Waals surface area contributed by atoms with Crippen LogP contribution in [0.1, 0.15) is 30.1 Å². The van der Waals surface area contributed by atoms with Gasteiger partial charge < -0.3 is 10.6 Å². The zero-order valence-electron chi connectivity index (χ0n) is 9.95. The van der Waals surface area contributed by atoms with Gasteiger partial charge in [0.1, 0.15) is 0 Å². The van der Waals surface area contributed by atoms with Crippen molar-refractivity contribution in [3.63, 3.8) is 0 Å². The van der Waals surface area contributed by atoms with E-state index in [9.17, 15) is 4.79 Å². The highest BCUT2D eigenvalue weighted by Gasteiger charge is 2.23. The van der Waals surface area contributed by atoms with Crippen LogP contribution < -0.4 is 5.73 Å². The number of rotatable bonds is 1. The number of amides is 1. The van der Waals surface area contributed by atoms with E-state index in [1.807, 2.05) is 4.90 Å². The number of likely N-dealkylation sites (tertiary alicyclic amines) is 1. The van der Waals surface area contributed by atoms with Gasteiger partial charge in [0.25, 0.3) is 5.91 Å². The van der Waals surface area contributed by atoms with Gasteiger partial charge in [0.15, 0.2) is 0 Å². The SMILES string of the molecule is C[C@@H]1CCCN(C(=O)c2ccc(N)cc2Cl)C1. The Morgan fingerprint density at radius 2 is 2.29 bits per heavy atom. The van der Waals surface area contributed by atoms with E-state index >= 15 is 0 Å². The number of hydrogen-bond acceptors (Lipinski definition) is 2. The minimum atomic E-state index is 0.0153. The number of nitrogens with zero attached hydrogens (tertiary/aromatic N) is 1. The van der Waals surface area contributed by atoms with Crippen LogP contribution in [0.3, 0.4) is 0 Å². The van der Waals surface area contributed by atoms with Gasteiger partial charge in [-0.1, -0.05) is 18.5 Å². The Kier molecular flexibility index (Phi) is 3.57. The number of piperidine rings is 1. The van der Waals surface area contributed by atoms with E-state index in [0.29, 0.717) is 22.2 Å². The lowest BCUT2D eigenvalue weighted by molar-refractivity contribution is 0.0683. The monoisotopic (exact) mass is 252 g/mol. The molecule has 0 aromatic heterocycles. The van der Waals surface area contributed by atoms with E-state index in [1.54, 1.807) is 18.2 Å². The molecule has 1 aliphatic heterocycles. The first-order valence-electron chi connectivity index (χ1n) is 5.92. The maximum atomic E-state index is 12.3. The van der Waals surface area contributed by atoms with Gasteiger partial charge in [0, 0.05) is 18.8 Å². The van der Waals surface area contributed by atoms with Crippen molar-refractivity contribution in [3.05, 3.63) is 28.8 Å². The van der Waals surface area contributed by atoms with E-state index in [-0.39, 0.29) is 5.91 Å². The molecule has 1 amide bonds. The smallest absolute Gasteiger partial charge is 0.255 e. The first-order valence-corrected chi connectivity index (χ1v) is 6.30. The molecule has 1 fully saturated rings. The van der Waals surface area contributed by atoms with Crippen molar-refractivity contribution >= 4 is 23.2 Å². The lowest BCUT2D eigenvalue weighted by Crippen LogP contribution is -2.39. The molecule has 0 saturated carbocycles. The van der Waals surface area contributed by atoms with E-state index < -0.39 is 0 Å². The summed E-state index contributed by atoms with van der Waals surface area (Å²) in [5.74, 6) is 0.585. The number of carbonyl (C=O) groups is 1. The van der Waals surface area contributed by atoms with E-state index in [1.165, 1.54) is 6.42 Å². The molecule has 2 N–H and O–H groups in total. The van der Waals surface area contributed by atoms with Gasteiger partial charge in [0.2, 0.25) is 0 Å². The van der Waals surface area contributed by atoms with Gasteiger partial charge >= 0.3 is 0 Å². The van der Waals surface area contributed by atoms with Crippen LogP contribution in [0.25, 0.3) is 0 Å². The van der Waals surface area contributed by atoms with Crippen LogP contribution in [0.5, 0.6) is 0 Å². The van der Waals surface area contributed by atoms with Crippen molar-refractivity contribution in [2.45, 2.75) is 19.8 Å². The van der Waals surface area contributed by atoms with Crippen LogP contribution in [0.15, 0.2) is 18.2 Å². The Bertz CT molecular complexity index is 433. The summed E-state index contributed by atoms with van der Waals surface area (Å²) in [4.78, 5) is 14.2. The second-order valence-corrected chi connectivity index (χ2v) is 5.15. The van der Waals surface area contributed by atoms with Crippen molar-refractivity contribution in [1.82, 2.24) is 4.90 Å². The predicted octanol–water partition coefficient (Wildman–Crippen LogP) is 2.79. The molecule has 0 unspecified atom stereocenters. The summed E-state index contributed by atoms with van der Waals surface area (Å²) in [6, 6.07) is 5.05. The largest absolute Gasteiger partial charge is 0.399 e. The molecule has 0 spiro atoms. The average Bonchev–Trinajstić information content (AvgIpc) is 2.28. The van der Waals surface area contributed by atoms with E-state index in [2.05, 4.69) is 6.92 Å². The topological polar surface area (TPSA) is 46.3 Å². The molecule has 2 rings (SSSR count). The summed E-state index contributed by atoms with van der Waals surface area (Å²) >= 11 is 6.05. The van der Waals surface area contributed by atoms with Gasteiger partial charge in [0.05, 0.1) is 10.6 Å².